The molecule has 0 radical (unpaired) electrons. The number of carbonyl (C=O) groups is 1. The monoisotopic (exact) mass is 379 g/mol. The van der Waals surface area contributed by atoms with Crippen molar-refractivity contribution in [3.8, 4) is 0 Å². The maximum atomic E-state index is 13.2. The highest BCUT2D eigenvalue weighted by atomic mass is 19.1. The van der Waals surface area contributed by atoms with Crippen molar-refractivity contribution in [2.75, 3.05) is 10.6 Å². The Hall–Kier alpha value is -3.74. The third-order valence-electron chi connectivity index (χ3n) is 4.05. The minimum Gasteiger partial charge on any atom is -0.381 e. The molecule has 0 saturated heterocycles. The summed E-state index contributed by atoms with van der Waals surface area (Å²) in [6, 6.07) is 19.5. The van der Waals surface area contributed by atoms with Crippen molar-refractivity contribution in [1.82, 2.24) is 0 Å². The normalized spacial score (nSPS) is 10.3. The van der Waals surface area contributed by atoms with Gasteiger partial charge in [-0.2, -0.15) is 0 Å². The van der Waals surface area contributed by atoms with Gasteiger partial charge in [-0.05, 0) is 41.5 Å². The molecule has 28 heavy (non-hydrogen) atoms. The van der Waals surface area contributed by atoms with Gasteiger partial charge in [-0.1, -0.05) is 30.3 Å². The molecule has 0 aliphatic heterocycles. The number of benzene rings is 3. The first-order valence-electron chi connectivity index (χ1n) is 8.61. The Morgan fingerprint density at radius 3 is 2.39 bits per heavy atom. The Morgan fingerprint density at radius 1 is 0.929 bits per heavy atom. The van der Waals surface area contributed by atoms with Crippen molar-refractivity contribution < 1.29 is 14.1 Å². The van der Waals surface area contributed by atoms with Crippen LogP contribution in [0, 0.1) is 15.9 Å². The van der Waals surface area contributed by atoms with Crippen molar-refractivity contribution in [3.05, 3.63) is 99.9 Å². The summed E-state index contributed by atoms with van der Waals surface area (Å²) in [5.74, 6) is -0.639. The zero-order chi connectivity index (χ0) is 19.9. The lowest BCUT2D eigenvalue weighted by Crippen LogP contribution is -2.14. The Labute approximate surface area is 161 Å². The highest BCUT2D eigenvalue weighted by Gasteiger charge is 2.07. The molecule has 0 atom stereocenters. The average Bonchev–Trinajstić information content (AvgIpc) is 2.67. The molecule has 0 aliphatic carbocycles. The summed E-state index contributed by atoms with van der Waals surface area (Å²) in [4.78, 5) is 22.5. The van der Waals surface area contributed by atoms with Crippen molar-refractivity contribution in [1.29, 1.82) is 0 Å². The van der Waals surface area contributed by atoms with Gasteiger partial charge in [0.05, 0.1) is 11.3 Å². The number of nitrogens with one attached hydrogen (secondary N) is 2. The maximum Gasteiger partial charge on any atom is 0.269 e. The van der Waals surface area contributed by atoms with Crippen LogP contribution in [-0.4, -0.2) is 10.8 Å². The molecule has 0 saturated carbocycles. The van der Waals surface area contributed by atoms with Crippen LogP contribution < -0.4 is 10.6 Å². The van der Waals surface area contributed by atoms with E-state index in [1.165, 1.54) is 30.3 Å². The fourth-order valence-electron chi connectivity index (χ4n) is 2.68. The third-order valence-corrected chi connectivity index (χ3v) is 4.05. The Kier molecular flexibility index (Phi) is 5.96. The predicted molar refractivity (Wildman–Crippen MR) is 106 cm³/mol. The summed E-state index contributed by atoms with van der Waals surface area (Å²) in [5, 5.41) is 16.7. The lowest BCUT2D eigenvalue weighted by atomic mass is 10.1. The second kappa shape index (κ2) is 8.77. The van der Waals surface area contributed by atoms with E-state index >= 15 is 0 Å². The average molecular weight is 379 g/mol. The second-order valence-corrected chi connectivity index (χ2v) is 6.21. The van der Waals surface area contributed by atoms with Crippen molar-refractivity contribution >= 4 is 23.0 Å². The second-order valence-electron chi connectivity index (χ2n) is 6.21. The van der Waals surface area contributed by atoms with E-state index in [-0.39, 0.29) is 18.0 Å². The number of nitro benzene ring substituents is 1. The van der Waals surface area contributed by atoms with Crippen LogP contribution in [0.2, 0.25) is 0 Å². The van der Waals surface area contributed by atoms with Gasteiger partial charge < -0.3 is 10.6 Å². The first kappa shape index (κ1) is 19.0. The van der Waals surface area contributed by atoms with Crippen LogP contribution in [0.15, 0.2) is 72.8 Å². The molecular weight excluding hydrogens is 361 g/mol. The van der Waals surface area contributed by atoms with Crippen LogP contribution in [-0.2, 0) is 17.8 Å². The van der Waals surface area contributed by atoms with Gasteiger partial charge in [0, 0.05) is 30.1 Å². The predicted octanol–water partition coefficient (Wildman–Crippen LogP) is 4.53. The number of non-ortho nitro benzene ring substituents is 1. The van der Waals surface area contributed by atoms with Crippen molar-refractivity contribution in [2.45, 2.75) is 13.0 Å². The largest absolute Gasteiger partial charge is 0.381 e. The van der Waals surface area contributed by atoms with E-state index in [1.807, 2.05) is 30.3 Å². The van der Waals surface area contributed by atoms with Gasteiger partial charge in [0.25, 0.3) is 5.69 Å². The van der Waals surface area contributed by atoms with E-state index in [9.17, 15) is 19.3 Å². The highest BCUT2D eigenvalue weighted by molar-refractivity contribution is 5.92. The topological polar surface area (TPSA) is 84.3 Å². The fraction of sp³-hybridized carbons (Fsp3) is 0.0952. The fourth-order valence-corrected chi connectivity index (χ4v) is 2.68. The summed E-state index contributed by atoms with van der Waals surface area (Å²) in [6.07, 6.45) is 0.168. The molecular formula is C21H18FN3O3. The van der Waals surface area contributed by atoms with Crippen molar-refractivity contribution in [3.63, 3.8) is 0 Å². The molecule has 7 heteroatoms. The van der Waals surface area contributed by atoms with Crippen LogP contribution in [0.25, 0.3) is 0 Å². The molecule has 0 unspecified atom stereocenters. The summed E-state index contributed by atoms with van der Waals surface area (Å²) < 4.78 is 13.2. The quantitative estimate of drug-likeness (QED) is 0.467. The molecule has 6 nitrogen and oxygen atoms in total. The number of nitrogens with zero attached hydrogens (tertiary/aromatic N) is 1. The van der Waals surface area contributed by atoms with Gasteiger partial charge in [0.2, 0.25) is 5.91 Å². The summed E-state index contributed by atoms with van der Waals surface area (Å²) in [5.41, 5.74) is 2.92. The smallest absolute Gasteiger partial charge is 0.269 e. The molecule has 0 aliphatic rings. The van der Waals surface area contributed by atoms with Crippen LogP contribution in [0.5, 0.6) is 0 Å². The van der Waals surface area contributed by atoms with E-state index in [1.54, 1.807) is 12.1 Å². The van der Waals surface area contributed by atoms with E-state index < -0.39 is 10.7 Å². The first-order chi connectivity index (χ1) is 13.5. The van der Waals surface area contributed by atoms with Crippen LogP contribution in [0.4, 0.5) is 21.5 Å². The molecule has 0 spiro atoms. The summed E-state index contributed by atoms with van der Waals surface area (Å²) in [6.45, 7) is 0.446. The number of amides is 1. The molecule has 0 aromatic heterocycles. The standard InChI is InChI=1S/C21H18FN3O3/c22-17-4-2-5-19(13-17)24-21(26)12-15-7-9-18(10-8-15)23-14-16-3-1-6-20(11-16)25(27)28/h1-11,13,23H,12,14H2,(H,24,26). The lowest BCUT2D eigenvalue weighted by Gasteiger charge is -2.08. The zero-order valence-electron chi connectivity index (χ0n) is 14.9. The molecule has 3 aromatic rings. The number of carbonyl (C=O) groups excluding carboxylic acids is 1. The number of hydrogen-bond acceptors (Lipinski definition) is 4. The van der Waals surface area contributed by atoms with Gasteiger partial charge in [-0.15, -0.1) is 0 Å². The Bertz CT molecular complexity index is 990. The van der Waals surface area contributed by atoms with Gasteiger partial charge in [0.15, 0.2) is 0 Å². The number of halogens is 1. The van der Waals surface area contributed by atoms with E-state index in [0.717, 1.165) is 16.8 Å². The minimum atomic E-state index is -0.423. The molecule has 1 amide bonds. The van der Waals surface area contributed by atoms with Crippen LogP contribution >= 0.6 is 0 Å². The van der Waals surface area contributed by atoms with E-state index in [4.69, 9.17) is 0 Å². The number of nitro groups is 1. The van der Waals surface area contributed by atoms with Gasteiger partial charge in [0.1, 0.15) is 5.82 Å². The number of hydrogen-bond donors (Lipinski definition) is 2. The van der Waals surface area contributed by atoms with Crippen LogP contribution in [0.1, 0.15) is 11.1 Å². The number of rotatable bonds is 7. The van der Waals surface area contributed by atoms with Gasteiger partial charge >= 0.3 is 0 Å². The Balaban J connectivity index is 1.54. The summed E-state index contributed by atoms with van der Waals surface area (Å²) in [7, 11) is 0. The maximum absolute atomic E-state index is 13.2. The molecule has 3 rings (SSSR count). The van der Waals surface area contributed by atoms with E-state index in [0.29, 0.717) is 12.2 Å². The highest BCUT2D eigenvalue weighted by Crippen LogP contribution is 2.16. The lowest BCUT2D eigenvalue weighted by molar-refractivity contribution is -0.384. The third kappa shape index (κ3) is 5.38. The molecule has 3 aromatic carbocycles. The Morgan fingerprint density at radius 2 is 1.68 bits per heavy atom. The summed E-state index contributed by atoms with van der Waals surface area (Å²) >= 11 is 0. The zero-order valence-corrected chi connectivity index (χ0v) is 14.9. The molecule has 2 N–H and O–H groups in total. The van der Waals surface area contributed by atoms with Gasteiger partial charge in [-0.3, -0.25) is 14.9 Å². The number of anilines is 2. The molecule has 0 bridgehead atoms. The van der Waals surface area contributed by atoms with Crippen LogP contribution in [0.3, 0.4) is 0 Å². The first-order valence-corrected chi connectivity index (χ1v) is 8.61. The molecule has 0 fully saturated rings. The molecule has 142 valence electrons. The molecule has 0 heterocycles. The van der Waals surface area contributed by atoms with Crippen molar-refractivity contribution in [2.24, 2.45) is 0 Å². The minimum absolute atomic E-state index is 0.0546. The van der Waals surface area contributed by atoms with E-state index in [2.05, 4.69) is 10.6 Å². The van der Waals surface area contributed by atoms with Gasteiger partial charge in [-0.25, -0.2) is 4.39 Å². The SMILES string of the molecule is O=C(Cc1ccc(NCc2cccc([N+](=O)[O-])c2)cc1)Nc1cccc(F)c1.